The summed E-state index contributed by atoms with van der Waals surface area (Å²) < 4.78 is 0. The van der Waals surface area contributed by atoms with E-state index in [1.807, 2.05) is 0 Å². The van der Waals surface area contributed by atoms with E-state index >= 15 is 0 Å². The first-order valence-electron chi connectivity index (χ1n) is 2.49. The molecule has 0 spiro atoms. The molecule has 0 aliphatic heterocycles. The van der Waals surface area contributed by atoms with E-state index in [0.29, 0.717) is 0 Å². The number of rotatable bonds is 3. The first-order chi connectivity index (χ1) is 5.09. The summed E-state index contributed by atoms with van der Waals surface area (Å²) in [5.41, 5.74) is -0.888. The zero-order valence-electron chi connectivity index (χ0n) is 5.24. The van der Waals surface area contributed by atoms with Gasteiger partial charge in [-0.3, -0.25) is 0 Å². The van der Waals surface area contributed by atoms with E-state index in [1.54, 1.807) is 0 Å². The van der Waals surface area contributed by atoms with Crippen LogP contribution in [0.4, 0.5) is 0 Å². The Morgan fingerprint density at radius 1 is 1.18 bits per heavy atom. The number of aliphatic carboxylic acids is 2. The average Bonchev–Trinajstić information content (AvgIpc) is 1.87. The predicted molar refractivity (Wildman–Crippen MR) is 36.2 cm³/mol. The summed E-state index contributed by atoms with van der Waals surface area (Å²) in [7, 11) is 0. The second-order valence-corrected chi connectivity index (χ2v) is 2.00. The molecule has 60 valence electrons. The van der Waals surface area contributed by atoms with Gasteiger partial charge in [-0.05, 0) is 4.99 Å². The third kappa shape index (κ3) is 3.57. The lowest BCUT2D eigenvalue weighted by atomic mass is 10.2. The number of carbonyl (C=O) groups is 2. The molecule has 0 aliphatic carbocycles. The van der Waals surface area contributed by atoms with Crippen molar-refractivity contribution in [1.82, 2.24) is 0 Å². The van der Waals surface area contributed by atoms with E-state index in [1.165, 1.54) is 11.1 Å². The average molecular weight is 219 g/mol. The molecule has 0 heterocycles. The minimum absolute atomic E-state index is 0.861. The fraction of sp³-hybridized carbons (Fsp3) is 0. The zero-order chi connectivity index (χ0) is 8.85. The van der Waals surface area contributed by atoms with Crippen LogP contribution in [0.25, 0.3) is 0 Å². The van der Waals surface area contributed by atoms with Gasteiger partial charge < -0.3 is 19.8 Å². The van der Waals surface area contributed by atoms with Gasteiger partial charge in [-0.2, -0.15) is 0 Å². The molecule has 0 aromatic carbocycles. The Kier molecular flexibility index (Phi) is 4.21. The first-order valence-corrected chi connectivity index (χ1v) is 3.41. The zero-order valence-corrected chi connectivity index (χ0v) is 6.83. The molecule has 0 rings (SSSR count). The Labute approximate surface area is 71.0 Å². The summed E-state index contributed by atoms with van der Waals surface area (Å²) in [6.07, 6.45) is 2.06. The van der Waals surface area contributed by atoms with E-state index in [9.17, 15) is 19.8 Å². The van der Waals surface area contributed by atoms with Crippen LogP contribution in [-0.4, -0.2) is 11.9 Å². The minimum Gasteiger partial charge on any atom is -0.545 e. The number of carboxylic acid groups (broad SMARTS) is 2. The molecule has 0 saturated heterocycles. The number of carbonyl (C=O) groups excluding carboxylic acids is 2. The van der Waals surface area contributed by atoms with Crippen LogP contribution >= 0.6 is 15.9 Å². The molecule has 11 heavy (non-hydrogen) atoms. The van der Waals surface area contributed by atoms with Crippen LogP contribution in [0.2, 0.25) is 0 Å². The fourth-order valence-electron chi connectivity index (χ4n) is 0.352. The third-order valence-corrected chi connectivity index (χ3v) is 1.08. The number of halogens is 1. The van der Waals surface area contributed by atoms with E-state index in [-0.39, 0.29) is 0 Å². The molecule has 5 heteroatoms. The van der Waals surface area contributed by atoms with Gasteiger partial charge in [0, 0.05) is 5.57 Å². The van der Waals surface area contributed by atoms with Crippen molar-refractivity contribution in [2.45, 2.75) is 0 Å². The molecule has 0 N–H and O–H groups in total. The Hall–Kier alpha value is -1.10. The number of carboxylic acids is 2. The molecular weight excluding hydrogens is 216 g/mol. The number of hydrogen-bond donors (Lipinski definition) is 0. The normalized spacial score (nSPS) is 9.55. The highest BCUT2D eigenvalue weighted by molar-refractivity contribution is 9.11. The van der Waals surface area contributed by atoms with E-state index in [4.69, 9.17) is 0 Å². The van der Waals surface area contributed by atoms with Crippen molar-refractivity contribution in [1.29, 1.82) is 0 Å². The standard InChI is InChI=1S/C6H5BrO4/c7-3-1-2-4(5(8)9)6(10)11/h1-3H,(H,8,9)(H,10,11)/p-2. The molecule has 0 radical (unpaired) electrons. The maximum Gasteiger partial charge on any atom is 0.0733 e. The molecule has 0 amide bonds. The summed E-state index contributed by atoms with van der Waals surface area (Å²) >= 11 is 2.82. The molecule has 0 aromatic rings. The second kappa shape index (κ2) is 4.68. The minimum atomic E-state index is -1.77. The largest absolute Gasteiger partial charge is 0.545 e. The van der Waals surface area contributed by atoms with Crippen LogP contribution in [0.3, 0.4) is 0 Å². The van der Waals surface area contributed by atoms with Crippen molar-refractivity contribution in [3.05, 3.63) is 22.7 Å². The predicted octanol–water partition coefficient (Wildman–Crippen LogP) is -1.68. The third-order valence-electron chi connectivity index (χ3n) is 0.775. The molecule has 0 atom stereocenters. The summed E-state index contributed by atoms with van der Waals surface area (Å²) in [5.74, 6) is -3.54. The van der Waals surface area contributed by atoms with Gasteiger partial charge in [0.1, 0.15) is 0 Å². The molecule has 0 unspecified atom stereocenters. The topological polar surface area (TPSA) is 80.3 Å². The highest BCUT2D eigenvalue weighted by Gasteiger charge is 1.95. The van der Waals surface area contributed by atoms with Crippen molar-refractivity contribution < 1.29 is 19.8 Å². The Morgan fingerprint density at radius 2 is 1.64 bits per heavy atom. The summed E-state index contributed by atoms with van der Waals surface area (Å²) in [6, 6.07) is 0. The number of hydrogen-bond acceptors (Lipinski definition) is 4. The van der Waals surface area contributed by atoms with Gasteiger partial charge in [0.05, 0.1) is 11.9 Å². The lowest BCUT2D eigenvalue weighted by Crippen LogP contribution is -2.36. The van der Waals surface area contributed by atoms with Gasteiger partial charge in [0.15, 0.2) is 0 Å². The van der Waals surface area contributed by atoms with E-state index in [0.717, 1.165) is 6.08 Å². The summed E-state index contributed by atoms with van der Waals surface area (Å²) in [5, 5.41) is 20.0. The van der Waals surface area contributed by atoms with E-state index in [2.05, 4.69) is 15.9 Å². The monoisotopic (exact) mass is 218 g/mol. The van der Waals surface area contributed by atoms with Crippen LogP contribution < -0.4 is 10.2 Å². The molecule has 0 aliphatic rings. The first kappa shape index (κ1) is 9.90. The van der Waals surface area contributed by atoms with Gasteiger partial charge >= 0.3 is 0 Å². The smallest absolute Gasteiger partial charge is 0.0733 e. The lowest BCUT2D eigenvalue weighted by Gasteiger charge is -2.06. The van der Waals surface area contributed by atoms with Crippen molar-refractivity contribution in [2.24, 2.45) is 0 Å². The molecule has 4 nitrogen and oxygen atoms in total. The molecular formula is C6H3BrO4-2. The van der Waals surface area contributed by atoms with Gasteiger partial charge in [0.2, 0.25) is 0 Å². The SMILES string of the molecule is O=C([O-])C(=CC=CBr)C(=O)[O-]. The van der Waals surface area contributed by atoms with Crippen LogP contribution in [0.15, 0.2) is 22.7 Å². The highest BCUT2D eigenvalue weighted by Crippen LogP contribution is 1.93. The van der Waals surface area contributed by atoms with Crippen molar-refractivity contribution in [3.63, 3.8) is 0 Å². The molecule has 0 aromatic heterocycles. The van der Waals surface area contributed by atoms with Crippen LogP contribution in [-0.2, 0) is 9.59 Å². The second-order valence-electron chi connectivity index (χ2n) is 1.47. The number of allylic oxidation sites excluding steroid dienone is 2. The van der Waals surface area contributed by atoms with Gasteiger partial charge in [-0.1, -0.05) is 28.1 Å². The van der Waals surface area contributed by atoms with E-state index < -0.39 is 17.5 Å². The van der Waals surface area contributed by atoms with Crippen molar-refractivity contribution >= 4 is 27.9 Å². The van der Waals surface area contributed by atoms with Crippen molar-refractivity contribution in [3.8, 4) is 0 Å². The van der Waals surface area contributed by atoms with Gasteiger partial charge in [0.25, 0.3) is 0 Å². The maximum atomic E-state index is 10.00. The summed E-state index contributed by atoms with van der Waals surface area (Å²) in [4.78, 5) is 21.3. The molecule has 0 saturated carbocycles. The Balaban J connectivity index is 4.60. The van der Waals surface area contributed by atoms with Crippen LogP contribution in [0.1, 0.15) is 0 Å². The van der Waals surface area contributed by atoms with Gasteiger partial charge in [-0.15, -0.1) is 0 Å². The quantitative estimate of drug-likeness (QED) is 0.246. The fourth-order valence-corrected chi connectivity index (χ4v) is 0.505. The summed E-state index contributed by atoms with van der Waals surface area (Å²) in [6.45, 7) is 0. The highest BCUT2D eigenvalue weighted by atomic mass is 79.9. The van der Waals surface area contributed by atoms with Crippen LogP contribution in [0.5, 0.6) is 0 Å². The van der Waals surface area contributed by atoms with Crippen molar-refractivity contribution in [2.75, 3.05) is 0 Å². The van der Waals surface area contributed by atoms with Gasteiger partial charge in [-0.25, -0.2) is 0 Å². The Morgan fingerprint density at radius 3 is 1.91 bits per heavy atom. The van der Waals surface area contributed by atoms with Crippen LogP contribution in [0, 0.1) is 0 Å². The lowest BCUT2D eigenvalue weighted by molar-refractivity contribution is -0.312. The molecule has 0 fully saturated rings. The maximum absolute atomic E-state index is 10.00. The Bertz CT molecular complexity index is 213. The molecule has 0 bridgehead atoms.